The standard InChI is InChI=1S/C20H25N3O3/c1-20(2,3)15-7-9-16(10-8-15)22-18(24)13-26-19(25)14-6-11-17(21-12-14)23(4)5/h6-12H,13H2,1-5H3,(H,22,24). The first-order chi connectivity index (χ1) is 12.2. The van der Waals surface area contributed by atoms with Crippen molar-refractivity contribution in [2.75, 3.05) is 30.9 Å². The van der Waals surface area contributed by atoms with Gasteiger partial charge in [-0.2, -0.15) is 0 Å². The van der Waals surface area contributed by atoms with Crippen LogP contribution in [0.2, 0.25) is 0 Å². The number of esters is 1. The summed E-state index contributed by atoms with van der Waals surface area (Å²) in [5.41, 5.74) is 2.19. The summed E-state index contributed by atoms with van der Waals surface area (Å²) in [5, 5.41) is 2.71. The molecule has 0 aliphatic carbocycles. The molecule has 1 aromatic heterocycles. The van der Waals surface area contributed by atoms with Crippen molar-refractivity contribution in [1.82, 2.24) is 4.98 Å². The zero-order valence-corrected chi connectivity index (χ0v) is 15.9. The van der Waals surface area contributed by atoms with Crippen molar-refractivity contribution in [3.63, 3.8) is 0 Å². The number of nitrogens with one attached hydrogen (secondary N) is 1. The number of hydrogen-bond donors (Lipinski definition) is 1. The summed E-state index contributed by atoms with van der Waals surface area (Å²) >= 11 is 0. The van der Waals surface area contributed by atoms with Crippen LogP contribution in [-0.4, -0.2) is 37.6 Å². The van der Waals surface area contributed by atoms with Crippen LogP contribution >= 0.6 is 0 Å². The molecular formula is C20H25N3O3. The van der Waals surface area contributed by atoms with E-state index in [1.54, 1.807) is 12.1 Å². The number of rotatable bonds is 5. The predicted octanol–water partition coefficient (Wildman–Crippen LogP) is 3.24. The molecule has 6 heteroatoms. The summed E-state index contributed by atoms with van der Waals surface area (Å²) in [4.78, 5) is 29.9. The third-order valence-corrected chi connectivity index (χ3v) is 3.81. The first-order valence-electron chi connectivity index (χ1n) is 8.38. The SMILES string of the molecule is CN(C)c1ccc(C(=O)OCC(=O)Nc2ccc(C(C)(C)C)cc2)cn1. The fourth-order valence-corrected chi connectivity index (χ4v) is 2.24. The summed E-state index contributed by atoms with van der Waals surface area (Å²) in [6.45, 7) is 6.02. The number of carbonyl (C=O) groups excluding carboxylic acids is 2. The van der Waals surface area contributed by atoms with E-state index < -0.39 is 5.97 Å². The lowest BCUT2D eigenvalue weighted by Crippen LogP contribution is -2.21. The second-order valence-corrected chi connectivity index (χ2v) is 7.25. The van der Waals surface area contributed by atoms with E-state index in [0.29, 0.717) is 11.3 Å². The maximum absolute atomic E-state index is 12.0. The first kappa shape index (κ1) is 19.4. The minimum Gasteiger partial charge on any atom is -0.452 e. The van der Waals surface area contributed by atoms with E-state index in [2.05, 4.69) is 31.1 Å². The van der Waals surface area contributed by atoms with Gasteiger partial charge in [-0.05, 0) is 35.2 Å². The van der Waals surface area contributed by atoms with Crippen LogP contribution in [0.1, 0.15) is 36.7 Å². The summed E-state index contributed by atoms with van der Waals surface area (Å²) in [6.07, 6.45) is 1.43. The smallest absolute Gasteiger partial charge is 0.340 e. The van der Waals surface area contributed by atoms with Crippen LogP contribution in [0.3, 0.4) is 0 Å². The molecule has 0 fully saturated rings. The van der Waals surface area contributed by atoms with Crippen LogP contribution in [0, 0.1) is 0 Å². The second kappa shape index (κ2) is 7.99. The number of hydrogen-bond acceptors (Lipinski definition) is 5. The van der Waals surface area contributed by atoms with Gasteiger partial charge >= 0.3 is 5.97 Å². The number of aromatic nitrogens is 1. The first-order valence-corrected chi connectivity index (χ1v) is 8.38. The van der Waals surface area contributed by atoms with Gasteiger partial charge in [-0.1, -0.05) is 32.9 Å². The van der Waals surface area contributed by atoms with Crippen molar-refractivity contribution in [3.8, 4) is 0 Å². The fraction of sp³-hybridized carbons (Fsp3) is 0.350. The Morgan fingerprint density at radius 2 is 1.73 bits per heavy atom. The van der Waals surface area contributed by atoms with Crippen LogP contribution in [0.5, 0.6) is 0 Å². The molecule has 0 spiro atoms. The molecule has 6 nitrogen and oxygen atoms in total. The van der Waals surface area contributed by atoms with Gasteiger partial charge in [0.2, 0.25) is 0 Å². The van der Waals surface area contributed by atoms with Crippen LogP contribution < -0.4 is 10.2 Å². The Morgan fingerprint density at radius 1 is 1.08 bits per heavy atom. The summed E-state index contributed by atoms with van der Waals surface area (Å²) in [5.74, 6) is -0.237. The lowest BCUT2D eigenvalue weighted by atomic mass is 9.87. The normalized spacial score (nSPS) is 11.0. The molecule has 26 heavy (non-hydrogen) atoms. The monoisotopic (exact) mass is 355 g/mol. The maximum atomic E-state index is 12.0. The van der Waals surface area contributed by atoms with Gasteiger partial charge < -0.3 is 15.0 Å². The molecule has 0 saturated carbocycles. The highest BCUT2D eigenvalue weighted by Crippen LogP contribution is 2.23. The Bertz CT molecular complexity index is 760. The van der Waals surface area contributed by atoms with Crippen molar-refractivity contribution >= 4 is 23.4 Å². The quantitative estimate of drug-likeness (QED) is 0.834. The molecule has 1 heterocycles. The van der Waals surface area contributed by atoms with Gasteiger partial charge in [-0.3, -0.25) is 4.79 Å². The van der Waals surface area contributed by atoms with Gasteiger partial charge in [-0.15, -0.1) is 0 Å². The average molecular weight is 355 g/mol. The van der Waals surface area contributed by atoms with Crippen molar-refractivity contribution in [2.24, 2.45) is 0 Å². The van der Waals surface area contributed by atoms with E-state index in [-0.39, 0.29) is 17.9 Å². The zero-order valence-electron chi connectivity index (χ0n) is 15.9. The zero-order chi connectivity index (χ0) is 19.3. The lowest BCUT2D eigenvalue weighted by Gasteiger charge is -2.19. The fourth-order valence-electron chi connectivity index (χ4n) is 2.24. The molecule has 0 aliphatic rings. The van der Waals surface area contributed by atoms with E-state index in [1.807, 2.05) is 43.3 Å². The molecule has 2 rings (SSSR count). The number of carbonyl (C=O) groups is 2. The lowest BCUT2D eigenvalue weighted by molar-refractivity contribution is -0.119. The van der Waals surface area contributed by atoms with Crippen LogP contribution in [0.15, 0.2) is 42.6 Å². The van der Waals surface area contributed by atoms with Crippen molar-refractivity contribution in [1.29, 1.82) is 0 Å². The molecule has 1 N–H and O–H groups in total. The van der Waals surface area contributed by atoms with Crippen LogP contribution in [0.4, 0.5) is 11.5 Å². The number of benzene rings is 1. The number of anilines is 2. The molecule has 2 aromatic rings. The topological polar surface area (TPSA) is 71.5 Å². The highest BCUT2D eigenvalue weighted by molar-refractivity contribution is 5.95. The van der Waals surface area contributed by atoms with E-state index >= 15 is 0 Å². The van der Waals surface area contributed by atoms with Crippen molar-refractivity contribution in [2.45, 2.75) is 26.2 Å². The maximum Gasteiger partial charge on any atom is 0.340 e. The summed E-state index contributed by atoms with van der Waals surface area (Å²) in [6, 6.07) is 11.0. The molecule has 0 atom stereocenters. The number of amides is 1. The number of pyridine rings is 1. The predicted molar refractivity (Wildman–Crippen MR) is 103 cm³/mol. The van der Waals surface area contributed by atoms with Gasteiger partial charge in [0.1, 0.15) is 5.82 Å². The number of nitrogens with zero attached hydrogens (tertiary/aromatic N) is 2. The Hall–Kier alpha value is -2.89. The number of ether oxygens (including phenoxy) is 1. The average Bonchev–Trinajstić information content (AvgIpc) is 2.59. The van der Waals surface area contributed by atoms with E-state index in [4.69, 9.17) is 4.74 Å². The summed E-state index contributed by atoms with van der Waals surface area (Å²) in [7, 11) is 3.72. The van der Waals surface area contributed by atoms with Gasteiger partial charge in [0.05, 0.1) is 5.56 Å². The molecule has 0 aliphatic heterocycles. The molecule has 0 unspecified atom stereocenters. The van der Waals surface area contributed by atoms with Crippen molar-refractivity contribution < 1.29 is 14.3 Å². The summed E-state index contributed by atoms with van der Waals surface area (Å²) < 4.78 is 5.04. The van der Waals surface area contributed by atoms with Gasteiger partial charge in [0.25, 0.3) is 5.91 Å². The Kier molecular flexibility index (Phi) is 5.97. The Labute approximate surface area is 154 Å². The van der Waals surface area contributed by atoms with Gasteiger partial charge in [0, 0.05) is 26.0 Å². The minimum absolute atomic E-state index is 0.0498. The minimum atomic E-state index is -0.582. The van der Waals surface area contributed by atoms with Gasteiger partial charge in [0.15, 0.2) is 6.61 Å². The molecule has 138 valence electrons. The largest absolute Gasteiger partial charge is 0.452 e. The second-order valence-electron chi connectivity index (χ2n) is 7.25. The molecule has 1 amide bonds. The Balaban J connectivity index is 1.87. The van der Waals surface area contributed by atoms with Crippen molar-refractivity contribution in [3.05, 3.63) is 53.7 Å². The van der Waals surface area contributed by atoms with E-state index in [0.717, 1.165) is 5.82 Å². The van der Waals surface area contributed by atoms with E-state index in [9.17, 15) is 9.59 Å². The van der Waals surface area contributed by atoms with Crippen LogP contribution in [0.25, 0.3) is 0 Å². The third kappa shape index (κ3) is 5.31. The van der Waals surface area contributed by atoms with Gasteiger partial charge in [-0.25, -0.2) is 9.78 Å². The van der Waals surface area contributed by atoms with Crippen LogP contribution in [-0.2, 0) is 14.9 Å². The molecular weight excluding hydrogens is 330 g/mol. The Morgan fingerprint density at radius 3 is 2.23 bits per heavy atom. The molecule has 0 radical (unpaired) electrons. The highest BCUT2D eigenvalue weighted by Gasteiger charge is 2.14. The van der Waals surface area contributed by atoms with E-state index in [1.165, 1.54) is 11.8 Å². The third-order valence-electron chi connectivity index (χ3n) is 3.81. The molecule has 0 bridgehead atoms. The highest BCUT2D eigenvalue weighted by atomic mass is 16.5. The molecule has 0 saturated heterocycles. The molecule has 1 aromatic carbocycles.